The van der Waals surface area contributed by atoms with E-state index in [-0.39, 0.29) is 5.92 Å². The average Bonchev–Trinajstić information content (AvgIpc) is 3.19. The Hall–Kier alpha value is -0.570. The highest BCUT2D eigenvalue weighted by molar-refractivity contribution is 5.79. The molecule has 3 N–H and O–H groups in total. The summed E-state index contributed by atoms with van der Waals surface area (Å²) in [6.45, 7) is 0. The Morgan fingerprint density at radius 3 is 2.26 bits per heavy atom. The van der Waals surface area contributed by atoms with Gasteiger partial charge in [-0.2, -0.15) is 0 Å². The molecule has 5 fully saturated rings. The Balaban J connectivity index is 1.23. The number of rotatable bonds is 2. The fraction of sp³-hybridized carbons (Fsp3) is 0.950. The van der Waals surface area contributed by atoms with Gasteiger partial charge in [0.05, 0.1) is 0 Å². The molecule has 0 spiro atoms. The molecule has 0 aliphatic heterocycles. The first-order valence-corrected chi connectivity index (χ1v) is 10.3. The predicted molar refractivity (Wildman–Crippen MR) is 90.5 cm³/mol. The van der Waals surface area contributed by atoms with Gasteiger partial charge < -0.3 is 11.1 Å². The van der Waals surface area contributed by atoms with Crippen molar-refractivity contribution in [1.29, 1.82) is 0 Å². The van der Waals surface area contributed by atoms with Gasteiger partial charge in [0.1, 0.15) is 0 Å². The van der Waals surface area contributed by atoms with Crippen molar-refractivity contribution in [3.8, 4) is 0 Å². The van der Waals surface area contributed by atoms with Gasteiger partial charge in [0.25, 0.3) is 0 Å². The van der Waals surface area contributed by atoms with Crippen molar-refractivity contribution >= 4 is 5.91 Å². The number of fused-ring (bicyclic) bond motifs is 7. The van der Waals surface area contributed by atoms with Gasteiger partial charge in [-0.1, -0.05) is 12.8 Å². The predicted octanol–water partition coefficient (Wildman–Crippen LogP) is 3.08. The molecule has 0 saturated heterocycles. The first-order valence-electron chi connectivity index (χ1n) is 10.3. The Bertz CT molecular complexity index is 478. The van der Waals surface area contributed by atoms with E-state index < -0.39 is 0 Å². The van der Waals surface area contributed by atoms with Crippen molar-refractivity contribution < 1.29 is 4.79 Å². The van der Waals surface area contributed by atoms with Crippen LogP contribution >= 0.6 is 0 Å². The number of nitrogens with one attached hydrogen (secondary N) is 1. The summed E-state index contributed by atoms with van der Waals surface area (Å²) < 4.78 is 0. The summed E-state index contributed by atoms with van der Waals surface area (Å²) in [5.74, 6) is 5.54. The average molecular weight is 316 g/mol. The van der Waals surface area contributed by atoms with Crippen molar-refractivity contribution in [1.82, 2.24) is 5.32 Å². The highest BCUT2D eigenvalue weighted by Gasteiger charge is 2.54. The molecule has 5 saturated carbocycles. The number of hydrogen-bond donors (Lipinski definition) is 2. The zero-order chi connectivity index (χ0) is 15.6. The van der Waals surface area contributed by atoms with Crippen molar-refractivity contribution in [2.45, 2.75) is 76.3 Å². The SMILES string of the molecule is NC1C2CCCC1CC(C(=O)NC1CC3CC1C1CCCC31)C2. The van der Waals surface area contributed by atoms with Crippen LogP contribution in [0, 0.1) is 41.4 Å². The van der Waals surface area contributed by atoms with E-state index in [4.69, 9.17) is 5.73 Å². The standard InChI is InChI=1S/C20H32N2O/c21-19-11-3-1-4-12(19)8-14(7-11)20(23)22-18-10-13-9-17(18)16-6-2-5-15(13)16/h11-19H,1-10,21H2,(H,22,23). The molecule has 5 aliphatic carbocycles. The van der Waals surface area contributed by atoms with Crippen molar-refractivity contribution in [3.63, 3.8) is 0 Å². The minimum atomic E-state index is 0.253. The zero-order valence-corrected chi connectivity index (χ0v) is 14.3. The molecule has 1 amide bonds. The Labute approximate surface area is 140 Å². The smallest absolute Gasteiger partial charge is 0.223 e. The van der Waals surface area contributed by atoms with E-state index >= 15 is 0 Å². The molecule has 0 aromatic heterocycles. The van der Waals surface area contributed by atoms with Crippen LogP contribution < -0.4 is 11.1 Å². The van der Waals surface area contributed by atoms with Crippen LogP contribution in [0.1, 0.15) is 64.2 Å². The van der Waals surface area contributed by atoms with Crippen molar-refractivity contribution in [2.75, 3.05) is 0 Å². The van der Waals surface area contributed by atoms with E-state index in [0.717, 1.165) is 36.5 Å². The van der Waals surface area contributed by atoms with Crippen LogP contribution in [0.25, 0.3) is 0 Å². The third-order valence-electron chi connectivity index (χ3n) is 8.54. The summed E-state index contributed by atoms with van der Waals surface area (Å²) in [5, 5.41) is 3.52. The van der Waals surface area contributed by atoms with Gasteiger partial charge in [-0.05, 0) is 86.9 Å². The van der Waals surface area contributed by atoms with Gasteiger partial charge in [-0.3, -0.25) is 4.79 Å². The molecule has 4 bridgehead atoms. The van der Waals surface area contributed by atoms with Crippen molar-refractivity contribution in [2.24, 2.45) is 47.2 Å². The monoisotopic (exact) mass is 316 g/mol. The maximum atomic E-state index is 12.9. The fourth-order valence-corrected chi connectivity index (χ4v) is 7.54. The highest BCUT2D eigenvalue weighted by Crippen LogP contribution is 2.58. The fourth-order valence-electron chi connectivity index (χ4n) is 7.54. The first kappa shape index (κ1) is 14.7. The lowest BCUT2D eigenvalue weighted by atomic mass is 9.65. The van der Waals surface area contributed by atoms with Gasteiger partial charge >= 0.3 is 0 Å². The minimum absolute atomic E-state index is 0.253. The summed E-state index contributed by atoms with van der Waals surface area (Å²) >= 11 is 0. The van der Waals surface area contributed by atoms with E-state index in [9.17, 15) is 4.79 Å². The van der Waals surface area contributed by atoms with Gasteiger partial charge in [-0.25, -0.2) is 0 Å². The lowest BCUT2D eigenvalue weighted by molar-refractivity contribution is -0.129. The molecule has 3 heteroatoms. The molecular weight excluding hydrogens is 284 g/mol. The Kier molecular flexibility index (Phi) is 3.51. The topological polar surface area (TPSA) is 55.1 Å². The first-order chi connectivity index (χ1) is 11.2. The summed E-state index contributed by atoms with van der Waals surface area (Å²) in [6, 6.07) is 0.872. The van der Waals surface area contributed by atoms with E-state index in [1.54, 1.807) is 0 Å². The van der Waals surface area contributed by atoms with Crippen molar-refractivity contribution in [3.05, 3.63) is 0 Å². The van der Waals surface area contributed by atoms with Crippen LogP contribution in [0.2, 0.25) is 0 Å². The Morgan fingerprint density at radius 1 is 0.783 bits per heavy atom. The summed E-state index contributed by atoms with van der Waals surface area (Å²) in [5.41, 5.74) is 6.39. The van der Waals surface area contributed by atoms with Gasteiger partial charge in [0, 0.05) is 18.0 Å². The number of carbonyl (C=O) groups excluding carboxylic acids is 1. The maximum Gasteiger partial charge on any atom is 0.223 e. The van der Waals surface area contributed by atoms with Gasteiger partial charge in [0.2, 0.25) is 5.91 Å². The molecule has 5 rings (SSSR count). The third-order valence-corrected chi connectivity index (χ3v) is 8.54. The number of nitrogens with two attached hydrogens (primary N) is 1. The summed E-state index contributed by atoms with van der Waals surface area (Å²) in [4.78, 5) is 12.9. The van der Waals surface area contributed by atoms with Crippen LogP contribution in [0.3, 0.4) is 0 Å². The third kappa shape index (κ3) is 2.29. The molecule has 3 nitrogen and oxygen atoms in total. The Morgan fingerprint density at radius 2 is 1.48 bits per heavy atom. The second-order valence-electron chi connectivity index (χ2n) is 9.47. The molecule has 0 radical (unpaired) electrons. The van der Waals surface area contributed by atoms with Crippen LogP contribution in [0.4, 0.5) is 0 Å². The van der Waals surface area contributed by atoms with Gasteiger partial charge in [0.15, 0.2) is 0 Å². The summed E-state index contributed by atoms with van der Waals surface area (Å²) in [7, 11) is 0. The molecule has 0 aromatic carbocycles. The zero-order valence-electron chi connectivity index (χ0n) is 14.3. The lowest BCUT2D eigenvalue weighted by Gasteiger charge is -2.44. The van der Waals surface area contributed by atoms with E-state index in [1.165, 1.54) is 51.4 Å². The molecule has 128 valence electrons. The molecular formula is C20H32N2O. The minimum Gasteiger partial charge on any atom is -0.353 e. The number of hydrogen-bond acceptors (Lipinski definition) is 2. The van der Waals surface area contributed by atoms with Crippen LogP contribution in [0.15, 0.2) is 0 Å². The normalized spacial score (nSPS) is 54.0. The lowest BCUT2D eigenvalue weighted by Crippen LogP contribution is -2.51. The number of amides is 1. The molecule has 23 heavy (non-hydrogen) atoms. The summed E-state index contributed by atoms with van der Waals surface area (Å²) in [6.07, 6.45) is 12.9. The largest absolute Gasteiger partial charge is 0.353 e. The van der Waals surface area contributed by atoms with Crippen LogP contribution in [-0.4, -0.2) is 18.0 Å². The van der Waals surface area contributed by atoms with E-state index in [0.29, 0.717) is 29.8 Å². The van der Waals surface area contributed by atoms with Crippen LogP contribution in [-0.2, 0) is 4.79 Å². The molecule has 7 unspecified atom stereocenters. The highest BCUT2D eigenvalue weighted by atomic mass is 16.2. The molecule has 0 aromatic rings. The van der Waals surface area contributed by atoms with Crippen LogP contribution in [0.5, 0.6) is 0 Å². The molecule has 0 heterocycles. The second kappa shape index (κ2) is 5.47. The molecule has 5 aliphatic rings. The quantitative estimate of drug-likeness (QED) is 0.822. The number of carbonyl (C=O) groups is 1. The van der Waals surface area contributed by atoms with E-state index in [1.807, 2.05) is 0 Å². The van der Waals surface area contributed by atoms with Gasteiger partial charge in [-0.15, -0.1) is 0 Å². The van der Waals surface area contributed by atoms with E-state index in [2.05, 4.69) is 5.32 Å². The maximum absolute atomic E-state index is 12.9. The molecule has 7 atom stereocenters. The second-order valence-corrected chi connectivity index (χ2v) is 9.47.